The van der Waals surface area contributed by atoms with Gasteiger partial charge in [0.05, 0.1) is 18.7 Å². The largest absolute Gasteiger partial charge is 0.386 e. The second kappa shape index (κ2) is 8.48. The fourth-order valence-electron chi connectivity index (χ4n) is 2.94. The highest BCUT2D eigenvalue weighted by Crippen LogP contribution is 2.21. The molecule has 7 heteroatoms. The number of likely N-dealkylation sites (tertiary alicyclic amines) is 1. The van der Waals surface area contributed by atoms with Crippen LogP contribution in [0.5, 0.6) is 0 Å². The summed E-state index contributed by atoms with van der Waals surface area (Å²) < 4.78 is 37.6. The Kier molecular flexibility index (Phi) is 6.62. The van der Waals surface area contributed by atoms with Crippen molar-refractivity contribution in [2.75, 3.05) is 19.6 Å². The number of halogens is 3. The Balaban J connectivity index is 1.82. The molecule has 1 aliphatic heterocycles. The van der Waals surface area contributed by atoms with Crippen molar-refractivity contribution in [1.29, 1.82) is 0 Å². The normalized spacial score (nSPS) is 19.2. The van der Waals surface area contributed by atoms with Crippen molar-refractivity contribution in [1.82, 2.24) is 10.2 Å². The number of carbonyl (C=O) groups excluding carboxylic acids is 1. The Morgan fingerprint density at radius 3 is 2.42 bits per heavy atom. The van der Waals surface area contributed by atoms with E-state index in [9.17, 15) is 23.1 Å². The SMILES string of the molecule is C[C@@H](NC(=O)C1CCN(CC(F)F)CC1)[C@@H](O)c1ccc(F)cc1. The summed E-state index contributed by atoms with van der Waals surface area (Å²) in [5.74, 6) is -0.805. The minimum Gasteiger partial charge on any atom is -0.386 e. The molecule has 1 aromatic rings. The summed E-state index contributed by atoms with van der Waals surface area (Å²) in [5, 5.41) is 13.0. The number of piperidine rings is 1. The number of carbonyl (C=O) groups is 1. The maximum absolute atomic E-state index is 12.9. The summed E-state index contributed by atoms with van der Waals surface area (Å²) in [7, 11) is 0. The van der Waals surface area contributed by atoms with Gasteiger partial charge in [-0.15, -0.1) is 0 Å². The molecule has 1 heterocycles. The molecule has 0 spiro atoms. The van der Waals surface area contributed by atoms with E-state index in [1.54, 1.807) is 11.8 Å². The molecular weight excluding hydrogens is 321 g/mol. The van der Waals surface area contributed by atoms with E-state index in [-0.39, 0.29) is 18.4 Å². The van der Waals surface area contributed by atoms with Gasteiger partial charge >= 0.3 is 0 Å². The van der Waals surface area contributed by atoms with Gasteiger partial charge in [0.1, 0.15) is 5.82 Å². The summed E-state index contributed by atoms with van der Waals surface area (Å²) in [6.45, 7) is 2.36. The molecule has 2 atom stereocenters. The quantitative estimate of drug-likeness (QED) is 0.833. The third kappa shape index (κ3) is 5.21. The van der Waals surface area contributed by atoms with Crippen molar-refractivity contribution in [2.45, 2.75) is 38.3 Å². The molecule has 1 aliphatic rings. The number of nitrogens with zero attached hydrogens (tertiary/aromatic N) is 1. The number of hydrogen-bond donors (Lipinski definition) is 2. The van der Waals surface area contributed by atoms with Crippen LogP contribution < -0.4 is 5.32 Å². The van der Waals surface area contributed by atoms with Gasteiger partial charge in [-0.25, -0.2) is 13.2 Å². The number of aliphatic hydroxyl groups excluding tert-OH is 1. The predicted molar refractivity (Wildman–Crippen MR) is 84.1 cm³/mol. The first-order valence-corrected chi connectivity index (χ1v) is 8.11. The molecule has 1 aromatic carbocycles. The molecule has 2 N–H and O–H groups in total. The van der Waals surface area contributed by atoms with Crippen LogP contribution in [0.15, 0.2) is 24.3 Å². The highest BCUT2D eigenvalue weighted by Gasteiger charge is 2.28. The van der Waals surface area contributed by atoms with Crippen LogP contribution in [0.2, 0.25) is 0 Å². The number of alkyl halides is 2. The zero-order chi connectivity index (χ0) is 17.7. The molecule has 0 aromatic heterocycles. The fourth-order valence-corrected chi connectivity index (χ4v) is 2.94. The van der Waals surface area contributed by atoms with Gasteiger partial charge < -0.3 is 10.4 Å². The van der Waals surface area contributed by atoms with E-state index in [2.05, 4.69) is 5.32 Å². The zero-order valence-corrected chi connectivity index (χ0v) is 13.6. The lowest BCUT2D eigenvalue weighted by molar-refractivity contribution is -0.128. The molecule has 1 saturated heterocycles. The fraction of sp³-hybridized carbons (Fsp3) is 0.588. The molecular formula is C17H23F3N2O2. The second-order valence-corrected chi connectivity index (χ2v) is 6.26. The van der Waals surface area contributed by atoms with Crippen LogP contribution >= 0.6 is 0 Å². The number of hydrogen-bond acceptors (Lipinski definition) is 3. The summed E-state index contributed by atoms with van der Waals surface area (Å²) in [6, 6.07) is 4.94. The first-order chi connectivity index (χ1) is 11.4. The Bertz CT molecular complexity index is 531. The van der Waals surface area contributed by atoms with Gasteiger partial charge in [-0.1, -0.05) is 12.1 Å². The van der Waals surface area contributed by atoms with Gasteiger partial charge in [-0.05, 0) is 50.6 Å². The van der Waals surface area contributed by atoms with E-state index in [0.29, 0.717) is 31.5 Å². The number of rotatable bonds is 6. The first-order valence-electron chi connectivity index (χ1n) is 8.11. The molecule has 4 nitrogen and oxygen atoms in total. The average molecular weight is 344 g/mol. The molecule has 2 rings (SSSR count). The Labute approximate surface area is 139 Å². The average Bonchev–Trinajstić information content (AvgIpc) is 2.55. The van der Waals surface area contributed by atoms with Crippen molar-refractivity contribution in [3.8, 4) is 0 Å². The van der Waals surface area contributed by atoms with Gasteiger partial charge in [-0.2, -0.15) is 0 Å². The van der Waals surface area contributed by atoms with Crippen LogP contribution in [0.3, 0.4) is 0 Å². The van der Waals surface area contributed by atoms with Gasteiger partial charge in [0.15, 0.2) is 0 Å². The predicted octanol–water partition coefficient (Wildman–Crippen LogP) is 2.34. The highest BCUT2D eigenvalue weighted by atomic mass is 19.3. The highest BCUT2D eigenvalue weighted by molar-refractivity contribution is 5.79. The van der Waals surface area contributed by atoms with Crippen LogP contribution in [-0.4, -0.2) is 48.0 Å². The van der Waals surface area contributed by atoms with Crippen LogP contribution in [-0.2, 0) is 4.79 Å². The number of amides is 1. The molecule has 0 radical (unpaired) electrons. The molecule has 0 unspecified atom stereocenters. The first kappa shape index (κ1) is 18.7. The lowest BCUT2D eigenvalue weighted by atomic mass is 9.95. The van der Waals surface area contributed by atoms with E-state index < -0.39 is 24.4 Å². The third-order valence-corrected chi connectivity index (χ3v) is 4.41. The molecule has 0 saturated carbocycles. The lowest BCUT2D eigenvalue weighted by Gasteiger charge is -2.32. The smallest absolute Gasteiger partial charge is 0.251 e. The standard InChI is InChI=1S/C17H23F3N2O2/c1-11(16(23)12-2-4-14(18)5-3-12)21-17(24)13-6-8-22(9-7-13)10-15(19)20/h2-5,11,13,15-16,23H,6-10H2,1H3,(H,21,24)/t11-,16-/m1/s1. The van der Waals surface area contributed by atoms with Crippen LogP contribution in [0.25, 0.3) is 0 Å². The van der Waals surface area contributed by atoms with E-state index in [4.69, 9.17) is 0 Å². The molecule has 0 bridgehead atoms. The molecule has 24 heavy (non-hydrogen) atoms. The van der Waals surface area contributed by atoms with Crippen LogP contribution in [0.1, 0.15) is 31.4 Å². The minimum atomic E-state index is -2.36. The van der Waals surface area contributed by atoms with Crippen molar-refractivity contribution in [3.05, 3.63) is 35.6 Å². The molecule has 1 fully saturated rings. The Hall–Kier alpha value is -1.60. The zero-order valence-electron chi connectivity index (χ0n) is 13.6. The van der Waals surface area contributed by atoms with Gasteiger partial charge in [-0.3, -0.25) is 9.69 Å². The van der Waals surface area contributed by atoms with E-state index in [1.165, 1.54) is 24.3 Å². The molecule has 1 amide bonds. The third-order valence-electron chi connectivity index (χ3n) is 4.41. The van der Waals surface area contributed by atoms with Crippen molar-refractivity contribution >= 4 is 5.91 Å². The van der Waals surface area contributed by atoms with Crippen molar-refractivity contribution in [2.24, 2.45) is 5.92 Å². The Morgan fingerprint density at radius 2 is 1.88 bits per heavy atom. The summed E-state index contributed by atoms with van der Waals surface area (Å²) in [4.78, 5) is 13.9. The molecule has 0 aliphatic carbocycles. The second-order valence-electron chi connectivity index (χ2n) is 6.26. The minimum absolute atomic E-state index is 0.180. The van der Waals surface area contributed by atoms with Gasteiger partial charge in [0.25, 0.3) is 6.43 Å². The summed E-state index contributed by atoms with van der Waals surface area (Å²) >= 11 is 0. The maximum atomic E-state index is 12.9. The number of nitrogens with one attached hydrogen (secondary N) is 1. The van der Waals surface area contributed by atoms with E-state index in [1.807, 2.05) is 0 Å². The van der Waals surface area contributed by atoms with Crippen molar-refractivity contribution < 1.29 is 23.1 Å². The van der Waals surface area contributed by atoms with Crippen molar-refractivity contribution in [3.63, 3.8) is 0 Å². The topological polar surface area (TPSA) is 52.6 Å². The van der Waals surface area contributed by atoms with Gasteiger partial charge in [0.2, 0.25) is 5.91 Å². The molecule has 134 valence electrons. The van der Waals surface area contributed by atoms with Gasteiger partial charge in [0, 0.05) is 5.92 Å². The summed E-state index contributed by atoms with van der Waals surface area (Å²) in [6.07, 6.45) is -2.25. The van der Waals surface area contributed by atoms with Crippen LogP contribution in [0, 0.1) is 11.7 Å². The number of benzene rings is 1. The van der Waals surface area contributed by atoms with E-state index >= 15 is 0 Å². The Morgan fingerprint density at radius 1 is 1.29 bits per heavy atom. The monoisotopic (exact) mass is 344 g/mol. The maximum Gasteiger partial charge on any atom is 0.251 e. The summed E-state index contributed by atoms with van der Waals surface area (Å²) in [5.41, 5.74) is 0.524. The van der Waals surface area contributed by atoms with E-state index in [0.717, 1.165) is 0 Å². The lowest BCUT2D eigenvalue weighted by Crippen LogP contribution is -2.45. The number of aliphatic hydroxyl groups is 1. The van der Waals surface area contributed by atoms with Crippen LogP contribution in [0.4, 0.5) is 13.2 Å².